The number of amides is 2. The second-order valence-electron chi connectivity index (χ2n) is 12.0. The van der Waals surface area contributed by atoms with Gasteiger partial charge in [0.25, 0.3) is 5.91 Å². The van der Waals surface area contributed by atoms with Gasteiger partial charge in [0.1, 0.15) is 22.9 Å². The van der Waals surface area contributed by atoms with Crippen LogP contribution in [0, 0.1) is 5.82 Å². The first kappa shape index (κ1) is 28.6. The first-order valence-electron chi connectivity index (χ1n) is 14.1. The number of imidazole rings is 1. The molecule has 2 aliphatic rings. The molecule has 0 spiro atoms. The standard InChI is InChI=1S/C31H33FN6O5/c1-30(2,3)43-29(41)38-17-22-21(24-16-34-26-14-19(32)8-11-37(24)26)5-6-23(27(22)28(38)40)35-25-7-4-20(15-33-25)36-12-9-31(42,18-39)10-13-36/h4-8,11,14-16,39,42H,9-10,12-13,17-18H2,1-3H3,(H,33,35). The van der Waals surface area contributed by atoms with Crippen LogP contribution in [0.4, 0.5) is 26.4 Å². The van der Waals surface area contributed by atoms with E-state index in [2.05, 4.69) is 20.2 Å². The molecule has 0 bridgehead atoms. The summed E-state index contributed by atoms with van der Waals surface area (Å²) in [5.41, 5.74) is 2.17. The van der Waals surface area contributed by atoms with Gasteiger partial charge in [-0.25, -0.2) is 24.1 Å². The molecule has 0 radical (unpaired) electrons. The van der Waals surface area contributed by atoms with Crippen molar-refractivity contribution in [3.05, 3.63) is 71.9 Å². The summed E-state index contributed by atoms with van der Waals surface area (Å²) in [7, 11) is 0. The summed E-state index contributed by atoms with van der Waals surface area (Å²) in [4.78, 5) is 38.9. The lowest BCUT2D eigenvalue weighted by molar-refractivity contribution is -0.0325. The van der Waals surface area contributed by atoms with E-state index in [1.54, 1.807) is 55.9 Å². The number of hydrogen-bond donors (Lipinski definition) is 3. The van der Waals surface area contributed by atoms with Crippen molar-refractivity contribution >= 4 is 34.8 Å². The van der Waals surface area contributed by atoms with Gasteiger partial charge in [0, 0.05) is 30.9 Å². The number of benzene rings is 1. The Balaban J connectivity index is 1.33. The van der Waals surface area contributed by atoms with Crippen molar-refractivity contribution in [3.8, 4) is 11.3 Å². The number of rotatable bonds is 5. The molecule has 1 aromatic carbocycles. The summed E-state index contributed by atoms with van der Waals surface area (Å²) in [5, 5.41) is 23.0. The molecule has 0 unspecified atom stereocenters. The molecule has 43 heavy (non-hydrogen) atoms. The Morgan fingerprint density at radius 3 is 2.56 bits per heavy atom. The molecule has 11 nitrogen and oxygen atoms in total. The zero-order valence-electron chi connectivity index (χ0n) is 24.2. The highest BCUT2D eigenvalue weighted by atomic mass is 19.1. The normalized spacial score (nSPS) is 16.5. The Morgan fingerprint density at radius 1 is 1.12 bits per heavy atom. The number of ether oxygens (including phenoxy) is 1. The quantitative estimate of drug-likeness (QED) is 0.308. The summed E-state index contributed by atoms with van der Waals surface area (Å²) in [6, 6.07) is 9.95. The molecule has 6 rings (SSSR count). The van der Waals surface area contributed by atoms with Crippen LogP contribution in [0.25, 0.3) is 16.9 Å². The van der Waals surface area contributed by atoms with Gasteiger partial charge < -0.3 is 25.2 Å². The molecule has 0 atom stereocenters. The molecule has 1 saturated heterocycles. The monoisotopic (exact) mass is 588 g/mol. The number of hydrogen-bond acceptors (Lipinski definition) is 9. The predicted octanol–water partition coefficient (Wildman–Crippen LogP) is 4.49. The molecule has 0 saturated carbocycles. The van der Waals surface area contributed by atoms with Crippen molar-refractivity contribution in [2.75, 3.05) is 29.9 Å². The third kappa shape index (κ3) is 5.51. The second-order valence-corrected chi connectivity index (χ2v) is 12.0. The highest BCUT2D eigenvalue weighted by Crippen LogP contribution is 2.39. The van der Waals surface area contributed by atoms with Crippen LogP contribution in [0.1, 0.15) is 49.5 Å². The number of anilines is 3. The number of aliphatic hydroxyl groups is 2. The summed E-state index contributed by atoms with van der Waals surface area (Å²) >= 11 is 0. The Kier molecular flexibility index (Phi) is 7.05. The maximum absolute atomic E-state index is 13.8. The number of carbonyl (C=O) groups is 2. The smallest absolute Gasteiger partial charge is 0.417 e. The van der Waals surface area contributed by atoms with Crippen molar-refractivity contribution in [3.63, 3.8) is 0 Å². The predicted molar refractivity (Wildman–Crippen MR) is 158 cm³/mol. The van der Waals surface area contributed by atoms with Crippen LogP contribution in [-0.2, 0) is 11.3 Å². The third-order valence-electron chi connectivity index (χ3n) is 7.82. The van der Waals surface area contributed by atoms with Crippen molar-refractivity contribution < 1.29 is 28.9 Å². The molecular formula is C31H33FN6O5. The fourth-order valence-corrected chi connectivity index (χ4v) is 5.51. The van der Waals surface area contributed by atoms with Gasteiger partial charge in [0.05, 0.1) is 53.8 Å². The van der Waals surface area contributed by atoms with Crippen molar-refractivity contribution in [1.29, 1.82) is 0 Å². The summed E-state index contributed by atoms with van der Waals surface area (Å²) in [6.07, 6.45) is 5.07. The molecular weight excluding hydrogens is 555 g/mol. The lowest BCUT2D eigenvalue weighted by atomic mass is 9.92. The minimum Gasteiger partial charge on any atom is -0.443 e. The summed E-state index contributed by atoms with van der Waals surface area (Å²) < 4.78 is 21.1. The molecule has 5 heterocycles. The number of pyridine rings is 2. The summed E-state index contributed by atoms with van der Waals surface area (Å²) in [6.45, 7) is 6.12. The van der Waals surface area contributed by atoms with Gasteiger partial charge in [-0.1, -0.05) is 6.07 Å². The van der Waals surface area contributed by atoms with Crippen LogP contribution in [-0.4, -0.2) is 72.4 Å². The van der Waals surface area contributed by atoms with Gasteiger partial charge in [0.2, 0.25) is 0 Å². The highest BCUT2D eigenvalue weighted by Gasteiger charge is 2.39. The fourth-order valence-electron chi connectivity index (χ4n) is 5.51. The van der Waals surface area contributed by atoms with Gasteiger partial charge in [-0.3, -0.25) is 9.20 Å². The van der Waals surface area contributed by atoms with E-state index in [1.165, 1.54) is 12.1 Å². The van der Waals surface area contributed by atoms with Gasteiger partial charge in [-0.2, -0.15) is 0 Å². The number of imide groups is 1. The maximum atomic E-state index is 13.8. The Bertz CT molecular complexity index is 1710. The first-order valence-corrected chi connectivity index (χ1v) is 14.1. The molecule has 224 valence electrons. The molecule has 0 aliphatic carbocycles. The molecule has 2 aliphatic heterocycles. The van der Waals surface area contributed by atoms with E-state index in [0.29, 0.717) is 65.5 Å². The minimum atomic E-state index is -1.04. The van der Waals surface area contributed by atoms with Crippen LogP contribution < -0.4 is 10.2 Å². The van der Waals surface area contributed by atoms with Crippen LogP contribution in [0.3, 0.4) is 0 Å². The molecule has 3 aromatic heterocycles. The average Bonchev–Trinajstić information content (AvgIpc) is 3.54. The van der Waals surface area contributed by atoms with E-state index in [4.69, 9.17) is 4.74 Å². The Hall–Kier alpha value is -4.55. The van der Waals surface area contributed by atoms with Crippen molar-refractivity contribution in [2.24, 2.45) is 0 Å². The highest BCUT2D eigenvalue weighted by molar-refractivity contribution is 6.11. The van der Waals surface area contributed by atoms with Gasteiger partial charge in [-0.15, -0.1) is 0 Å². The minimum absolute atomic E-state index is 0.0100. The number of aromatic nitrogens is 3. The molecule has 3 N–H and O–H groups in total. The van der Waals surface area contributed by atoms with E-state index < -0.39 is 29.0 Å². The Morgan fingerprint density at radius 2 is 1.88 bits per heavy atom. The zero-order chi connectivity index (χ0) is 30.5. The van der Waals surface area contributed by atoms with E-state index in [0.717, 1.165) is 10.6 Å². The number of halogens is 1. The van der Waals surface area contributed by atoms with Gasteiger partial charge >= 0.3 is 6.09 Å². The number of nitrogens with one attached hydrogen (secondary N) is 1. The van der Waals surface area contributed by atoms with Crippen LogP contribution in [0.2, 0.25) is 0 Å². The first-order chi connectivity index (χ1) is 20.4. The molecule has 1 fully saturated rings. The van der Waals surface area contributed by atoms with E-state index in [9.17, 15) is 24.2 Å². The average molecular weight is 589 g/mol. The molecule has 4 aromatic rings. The van der Waals surface area contributed by atoms with E-state index in [1.807, 2.05) is 12.1 Å². The maximum Gasteiger partial charge on any atom is 0.417 e. The largest absolute Gasteiger partial charge is 0.443 e. The topological polar surface area (TPSA) is 133 Å². The number of piperidine rings is 1. The van der Waals surface area contributed by atoms with Crippen LogP contribution >= 0.6 is 0 Å². The number of carbonyl (C=O) groups excluding carboxylic acids is 2. The zero-order valence-corrected chi connectivity index (χ0v) is 24.2. The van der Waals surface area contributed by atoms with Crippen LogP contribution in [0.15, 0.2) is 55.0 Å². The molecule has 2 amide bonds. The van der Waals surface area contributed by atoms with Gasteiger partial charge in [-0.05, 0) is 63.4 Å². The SMILES string of the molecule is CC(C)(C)OC(=O)N1Cc2c(-c3cnc4cc(F)ccn34)ccc(Nc3ccc(N4CCC(O)(CO)CC4)cn3)c2C1=O. The molecule has 12 heteroatoms. The number of nitrogens with zero attached hydrogens (tertiary/aromatic N) is 5. The second kappa shape index (κ2) is 10.6. The van der Waals surface area contributed by atoms with E-state index >= 15 is 0 Å². The van der Waals surface area contributed by atoms with E-state index in [-0.39, 0.29) is 13.2 Å². The lowest BCUT2D eigenvalue weighted by Gasteiger charge is -2.38. The van der Waals surface area contributed by atoms with Crippen molar-refractivity contribution in [1.82, 2.24) is 19.3 Å². The number of aliphatic hydroxyl groups excluding tert-OH is 1. The fraction of sp³-hybridized carbons (Fsp3) is 0.355. The summed E-state index contributed by atoms with van der Waals surface area (Å²) in [5.74, 6) is -0.419. The Labute approximate surface area is 247 Å². The number of fused-ring (bicyclic) bond motifs is 2. The third-order valence-corrected chi connectivity index (χ3v) is 7.82. The lowest BCUT2D eigenvalue weighted by Crippen LogP contribution is -2.46. The van der Waals surface area contributed by atoms with Crippen molar-refractivity contribution in [2.45, 2.75) is 51.4 Å². The van der Waals surface area contributed by atoms with Gasteiger partial charge in [0.15, 0.2) is 0 Å². The van der Waals surface area contributed by atoms with Crippen LogP contribution in [0.5, 0.6) is 0 Å².